The van der Waals surface area contributed by atoms with E-state index in [4.69, 9.17) is 0 Å². The molecule has 2 atom stereocenters. The summed E-state index contributed by atoms with van der Waals surface area (Å²) in [7, 11) is 0. The number of aromatic nitrogens is 1. The predicted molar refractivity (Wildman–Crippen MR) is 80.8 cm³/mol. The third-order valence-electron chi connectivity index (χ3n) is 3.85. The fourth-order valence-corrected chi connectivity index (χ4v) is 3.20. The van der Waals surface area contributed by atoms with Gasteiger partial charge in [-0.3, -0.25) is 9.69 Å². The quantitative estimate of drug-likeness (QED) is 0.858. The van der Waals surface area contributed by atoms with Crippen LogP contribution in [0.2, 0.25) is 0 Å². The normalized spacial score (nSPS) is 23.7. The van der Waals surface area contributed by atoms with Crippen LogP contribution in [-0.4, -0.2) is 27.7 Å². The zero-order valence-corrected chi connectivity index (χ0v) is 12.4. The number of piperidine rings is 1. The van der Waals surface area contributed by atoms with E-state index in [-0.39, 0.29) is 11.2 Å². The van der Waals surface area contributed by atoms with E-state index < -0.39 is 0 Å². The van der Waals surface area contributed by atoms with Gasteiger partial charge in [-0.2, -0.15) is 0 Å². The van der Waals surface area contributed by atoms with Gasteiger partial charge in [-0.25, -0.2) is 0 Å². The minimum atomic E-state index is -0.307. The van der Waals surface area contributed by atoms with E-state index in [2.05, 4.69) is 25.3 Å². The molecule has 1 saturated heterocycles. The molecule has 1 N–H and O–H groups in total. The molecule has 110 valence electrons. The molecule has 2 rings (SSSR count). The summed E-state index contributed by atoms with van der Waals surface area (Å²) in [5.41, 5.74) is 0.632. The van der Waals surface area contributed by atoms with Crippen LogP contribution in [0, 0.1) is 11.8 Å². The first kappa shape index (κ1) is 14.9. The van der Waals surface area contributed by atoms with Gasteiger partial charge in [-0.1, -0.05) is 19.9 Å². The van der Waals surface area contributed by atoms with E-state index in [0.29, 0.717) is 18.4 Å². The molecule has 0 saturated carbocycles. The van der Waals surface area contributed by atoms with Gasteiger partial charge in [-0.05, 0) is 18.3 Å². The molecule has 1 aromatic heterocycles. The molecule has 0 aromatic carbocycles. The number of nitrogens with zero attached hydrogens (tertiary/aromatic N) is 2. The van der Waals surface area contributed by atoms with Gasteiger partial charge in [0.05, 0.1) is 6.20 Å². The van der Waals surface area contributed by atoms with Gasteiger partial charge in [0, 0.05) is 37.9 Å². The summed E-state index contributed by atoms with van der Waals surface area (Å²) in [5.74, 6) is 1.18. The molecule has 4 heteroatoms. The zero-order chi connectivity index (χ0) is 14.7. The molecule has 1 aliphatic rings. The summed E-state index contributed by atoms with van der Waals surface area (Å²) in [4.78, 5) is 14.1. The number of pyridine rings is 1. The van der Waals surface area contributed by atoms with Gasteiger partial charge in [-0.15, -0.1) is 6.58 Å². The van der Waals surface area contributed by atoms with Crippen molar-refractivity contribution in [2.75, 3.05) is 13.1 Å². The van der Waals surface area contributed by atoms with Crippen molar-refractivity contribution in [3.05, 3.63) is 40.8 Å². The van der Waals surface area contributed by atoms with Gasteiger partial charge in [0.15, 0.2) is 5.75 Å². The third kappa shape index (κ3) is 3.51. The molecule has 1 aromatic rings. The molecule has 0 radical (unpaired) electrons. The molecule has 0 amide bonds. The van der Waals surface area contributed by atoms with E-state index >= 15 is 0 Å². The van der Waals surface area contributed by atoms with Crippen molar-refractivity contribution in [1.82, 2.24) is 9.47 Å². The Hall–Kier alpha value is -1.55. The van der Waals surface area contributed by atoms with E-state index in [9.17, 15) is 9.90 Å². The Morgan fingerprint density at radius 3 is 2.65 bits per heavy atom. The fourth-order valence-electron chi connectivity index (χ4n) is 3.20. The second kappa shape index (κ2) is 6.27. The Morgan fingerprint density at radius 2 is 2.05 bits per heavy atom. The van der Waals surface area contributed by atoms with Crippen LogP contribution in [0.15, 0.2) is 29.7 Å². The number of hydrogen-bond acceptors (Lipinski definition) is 3. The van der Waals surface area contributed by atoms with Crippen molar-refractivity contribution >= 4 is 0 Å². The Kier molecular flexibility index (Phi) is 4.65. The Morgan fingerprint density at radius 1 is 1.40 bits per heavy atom. The van der Waals surface area contributed by atoms with Gasteiger partial charge in [0.25, 0.3) is 0 Å². The third-order valence-corrected chi connectivity index (χ3v) is 3.85. The van der Waals surface area contributed by atoms with E-state index in [0.717, 1.165) is 25.3 Å². The van der Waals surface area contributed by atoms with Crippen molar-refractivity contribution < 1.29 is 5.11 Å². The molecular weight excluding hydrogens is 252 g/mol. The number of allylic oxidation sites excluding steroid dienone is 1. The average Bonchev–Trinajstić information content (AvgIpc) is 2.34. The van der Waals surface area contributed by atoms with Crippen molar-refractivity contribution in [3.63, 3.8) is 0 Å². The summed E-state index contributed by atoms with van der Waals surface area (Å²) in [5, 5.41) is 9.56. The van der Waals surface area contributed by atoms with Crippen molar-refractivity contribution in [2.24, 2.45) is 11.8 Å². The van der Waals surface area contributed by atoms with Crippen LogP contribution in [-0.2, 0) is 13.1 Å². The highest BCUT2D eigenvalue weighted by Gasteiger charge is 2.22. The van der Waals surface area contributed by atoms with Crippen LogP contribution in [0.25, 0.3) is 0 Å². The molecule has 0 aliphatic carbocycles. The largest absolute Gasteiger partial charge is 0.503 e. The van der Waals surface area contributed by atoms with Crippen LogP contribution in [0.5, 0.6) is 5.75 Å². The number of aromatic hydroxyl groups is 1. The Balaban J connectivity index is 2.21. The maximum Gasteiger partial charge on any atom is 0.223 e. The predicted octanol–water partition coefficient (Wildman–Crippen LogP) is 2.22. The molecule has 1 fully saturated rings. The maximum atomic E-state index is 11.7. The highest BCUT2D eigenvalue weighted by molar-refractivity contribution is 5.20. The molecule has 4 nitrogen and oxygen atoms in total. The molecular formula is C16H24N2O2. The second-order valence-corrected chi connectivity index (χ2v) is 6.10. The Labute approximate surface area is 120 Å². The zero-order valence-electron chi connectivity index (χ0n) is 12.4. The van der Waals surface area contributed by atoms with Crippen molar-refractivity contribution in [3.8, 4) is 5.75 Å². The van der Waals surface area contributed by atoms with Crippen LogP contribution in [0.4, 0.5) is 0 Å². The van der Waals surface area contributed by atoms with Crippen LogP contribution >= 0.6 is 0 Å². The number of likely N-dealkylation sites (tertiary alicyclic amines) is 1. The summed E-state index contributed by atoms with van der Waals surface area (Å²) < 4.78 is 1.90. The molecule has 2 unspecified atom stereocenters. The molecule has 1 aliphatic heterocycles. The van der Waals surface area contributed by atoms with Gasteiger partial charge < -0.3 is 9.67 Å². The lowest BCUT2D eigenvalue weighted by atomic mass is 9.92. The summed E-state index contributed by atoms with van der Waals surface area (Å²) in [6.07, 6.45) is 4.55. The lowest BCUT2D eigenvalue weighted by Gasteiger charge is -2.35. The van der Waals surface area contributed by atoms with Crippen LogP contribution in [0.3, 0.4) is 0 Å². The molecule has 2 heterocycles. The van der Waals surface area contributed by atoms with Gasteiger partial charge in [0.1, 0.15) is 0 Å². The highest BCUT2D eigenvalue weighted by atomic mass is 16.3. The maximum absolute atomic E-state index is 11.7. The first-order valence-electron chi connectivity index (χ1n) is 7.25. The minimum absolute atomic E-state index is 0.198. The molecule has 20 heavy (non-hydrogen) atoms. The molecule has 0 spiro atoms. The van der Waals surface area contributed by atoms with Gasteiger partial charge in [0.2, 0.25) is 5.43 Å². The lowest BCUT2D eigenvalue weighted by molar-refractivity contribution is 0.131. The summed E-state index contributed by atoms with van der Waals surface area (Å²) in [6, 6.07) is 1.54. The van der Waals surface area contributed by atoms with E-state index in [1.165, 1.54) is 12.6 Å². The number of hydrogen-bond donors (Lipinski definition) is 1. The van der Waals surface area contributed by atoms with E-state index in [1.54, 1.807) is 12.1 Å². The van der Waals surface area contributed by atoms with E-state index in [1.807, 2.05) is 4.57 Å². The Bertz CT molecular complexity index is 526. The SMILES string of the molecule is C=CCn1cc(O)c(=O)cc1CN1CC(C)CC(C)C1. The average molecular weight is 276 g/mol. The molecule has 0 bridgehead atoms. The smallest absolute Gasteiger partial charge is 0.223 e. The highest BCUT2D eigenvalue weighted by Crippen LogP contribution is 2.22. The second-order valence-electron chi connectivity index (χ2n) is 6.10. The minimum Gasteiger partial charge on any atom is -0.503 e. The summed E-state index contributed by atoms with van der Waals surface area (Å²) in [6.45, 7) is 11.7. The number of rotatable bonds is 4. The topological polar surface area (TPSA) is 45.5 Å². The van der Waals surface area contributed by atoms with Crippen molar-refractivity contribution in [2.45, 2.75) is 33.4 Å². The standard InChI is InChI=1S/C16H24N2O2/c1-4-5-18-11-16(20)15(19)7-14(18)10-17-8-12(2)6-13(3)9-17/h4,7,11-13,20H,1,5-6,8-10H2,2-3H3. The van der Waals surface area contributed by atoms with Crippen molar-refractivity contribution in [1.29, 1.82) is 0 Å². The monoisotopic (exact) mass is 276 g/mol. The van der Waals surface area contributed by atoms with Crippen LogP contribution in [0.1, 0.15) is 26.0 Å². The van der Waals surface area contributed by atoms with Crippen LogP contribution < -0.4 is 5.43 Å². The summed E-state index contributed by atoms with van der Waals surface area (Å²) >= 11 is 0. The van der Waals surface area contributed by atoms with Gasteiger partial charge >= 0.3 is 0 Å². The lowest BCUT2D eigenvalue weighted by Crippen LogP contribution is -2.38. The first-order valence-corrected chi connectivity index (χ1v) is 7.25. The first-order chi connectivity index (χ1) is 9.49. The fraction of sp³-hybridized carbons (Fsp3) is 0.562.